The molecule has 0 aliphatic rings. The molecule has 28 heavy (non-hydrogen) atoms. The number of fused-ring (bicyclic) bond motifs is 1. The summed E-state index contributed by atoms with van der Waals surface area (Å²) in [5.41, 5.74) is 2.67. The summed E-state index contributed by atoms with van der Waals surface area (Å²) in [6, 6.07) is 13.1. The highest BCUT2D eigenvalue weighted by Gasteiger charge is 2.20. The molecule has 0 bridgehead atoms. The third-order valence-corrected chi connectivity index (χ3v) is 5.10. The fraction of sp³-hybridized carbons (Fsp3) is 0.348. The molecule has 3 rings (SSSR count). The molecule has 3 aromatic rings. The Morgan fingerprint density at radius 1 is 1.00 bits per heavy atom. The van der Waals surface area contributed by atoms with E-state index in [0.717, 1.165) is 49.9 Å². The maximum atomic E-state index is 13.5. The van der Waals surface area contributed by atoms with Crippen LogP contribution in [0.15, 0.2) is 48.7 Å². The number of aromatic nitrogens is 2. The number of pyridine rings is 2. The van der Waals surface area contributed by atoms with Crippen molar-refractivity contribution in [3.8, 4) is 11.4 Å². The second kappa shape index (κ2) is 9.65. The Balaban J connectivity index is 2.12. The molecule has 4 nitrogen and oxygen atoms in total. The molecule has 0 fully saturated rings. The van der Waals surface area contributed by atoms with Gasteiger partial charge in [-0.1, -0.05) is 56.5 Å². The van der Waals surface area contributed by atoms with Gasteiger partial charge in [0.05, 0.1) is 27.5 Å². The Morgan fingerprint density at radius 3 is 2.39 bits per heavy atom. The SMILES string of the molecule is CCCCN(CCCC)C(=O)c1cc(-c2ccccn2)nc2c(Cl)cccc12. The van der Waals surface area contributed by atoms with Crippen LogP contribution in [0.2, 0.25) is 5.02 Å². The maximum Gasteiger partial charge on any atom is 0.254 e. The van der Waals surface area contributed by atoms with Crippen molar-refractivity contribution in [3.63, 3.8) is 0 Å². The Bertz CT molecular complexity index is 935. The first-order chi connectivity index (χ1) is 13.7. The van der Waals surface area contributed by atoms with Gasteiger partial charge in [0.15, 0.2) is 0 Å². The lowest BCUT2D eigenvalue weighted by atomic mass is 10.0. The number of unbranched alkanes of at least 4 members (excludes halogenated alkanes) is 2. The average molecular weight is 396 g/mol. The van der Waals surface area contributed by atoms with Gasteiger partial charge in [0.25, 0.3) is 5.91 Å². The van der Waals surface area contributed by atoms with Crippen molar-refractivity contribution in [2.75, 3.05) is 13.1 Å². The second-order valence-electron chi connectivity index (χ2n) is 6.91. The molecule has 1 amide bonds. The van der Waals surface area contributed by atoms with Gasteiger partial charge in [0.2, 0.25) is 0 Å². The van der Waals surface area contributed by atoms with Crippen LogP contribution in [0, 0.1) is 0 Å². The van der Waals surface area contributed by atoms with Crippen molar-refractivity contribution < 1.29 is 4.79 Å². The van der Waals surface area contributed by atoms with Crippen molar-refractivity contribution in [2.45, 2.75) is 39.5 Å². The van der Waals surface area contributed by atoms with Crippen molar-refractivity contribution in [2.24, 2.45) is 0 Å². The number of nitrogens with zero attached hydrogens (tertiary/aromatic N) is 3. The van der Waals surface area contributed by atoms with Crippen LogP contribution < -0.4 is 0 Å². The minimum Gasteiger partial charge on any atom is -0.339 e. The second-order valence-corrected chi connectivity index (χ2v) is 7.31. The van der Waals surface area contributed by atoms with Crippen molar-refractivity contribution in [3.05, 3.63) is 59.2 Å². The standard InChI is InChI=1S/C23H26ClN3O/c1-3-5-14-27(15-6-4-2)23(28)18-16-21(20-12-7-8-13-25-20)26-22-17(18)10-9-11-19(22)24/h7-13,16H,3-6,14-15H2,1-2H3. The number of carbonyl (C=O) groups is 1. The van der Waals surface area contributed by atoms with Gasteiger partial charge in [-0.25, -0.2) is 4.98 Å². The van der Waals surface area contributed by atoms with E-state index in [0.29, 0.717) is 21.8 Å². The Hall–Kier alpha value is -2.46. The summed E-state index contributed by atoms with van der Waals surface area (Å²) in [5, 5.41) is 1.33. The molecule has 146 valence electrons. The topological polar surface area (TPSA) is 46.1 Å². The monoisotopic (exact) mass is 395 g/mol. The third kappa shape index (κ3) is 4.50. The fourth-order valence-corrected chi connectivity index (χ4v) is 3.44. The lowest BCUT2D eigenvalue weighted by Gasteiger charge is -2.23. The molecule has 0 N–H and O–H groups in total. The summed E-state index contributed by atoms with van der Waals surface area (Å²) in [5.74, 6) is 0.0359. The van der Waals surface area contributed by atoms with Crippen LogP contribution in [0.1, 0.15) is 49.9 Å². The molecule has 0 radical (unpaired) electrons. The van der Waals surface area contributed by atoms with Crippen molar-refractivity contribution >= 4 is 28.4 Å². The van der Waals surface area contributed by atoms with Crippen molar-refractivity contribution in [1.29, 1.82) is 0 Å². The van der Waals surface area contributed by atoms with Crippen LogP contribution in [-0.4, -0.2) is 33.9 Å². The average Bonchev–Trinajstić information content (AvgIpc) is 2.74. The predicted octanol–water partition coefficient (Wildman–Crippen LogP) is 5.99. The minimum atomic E-state index is 0.0359. The van der Waals surface area contributed by atoms with Crippen LogP contribution in [0.4, 0.5) is 0 Å². The quantitative estimate of drug-likeness (QED) is 0.470. The summed E-state index contributed by atoms with van der Waals surface area (Å²) >= 11 is 6.43. The zero-order chi connectivity index (χ0) is 19.9. The summed E-state index contributed by atoms with van der Waals surface area (Å²) < 4.78 is 0. The summed E-state index contributed by atoms with van der Waals surface area (Å²) in [7, 11) is 0. The Morgan fingerprint density at radius 2 is 1.75 bits per heavy atom. The van der Waals surface area contributed by atoms with Gasteiger partial charge < -0.3 is 4.90 Å². The van der Waals surface area contributed by atoms with E-state index in [9.17, 15) is 4.79 Å². The van der Waals surface area contributed by atoms with Crippen LogP contribution >= 0.6 is 11.6 Å². The van der Waals surface area contributed by atoms with Gasteiger partial charge in [-0.05, 0) is 37.1 Å². The van der Waals surface area contributed by atoms with E-state index in [4.69, 9.17) is 16.6 Å². The van der Waals surface area contributed by atoms with Crippen LogP contribution in [0.3, 0.4) is 0 Å². The number of carbonyl (C=O) groups excluding carboxylic acids is 1. The van der Waals surface area contributed by atoms with E-state index >= 15 is 0 Å². The summed E-state index contributed by atoms with van der Waals surface area (Å²) in [6.45, 7) is 5.81. The Kier molecular flexibility index (Phi) is 6.99. The van der Waals surface area contributed by atoms with E-state index in [1.54, 1.807) is 12.3 Å². The minimum absolute atomic E-state index is 0.0359. The van der Waals surface area contributed by atoms with Gasteiger partial charge in [0, 0.05) is 24.7 Å². The highest BCUT2D eigenvalue weighted by molar-refractivity contribution is 6.35. The highest BCUT2D eigenvalue weighted by atomic mass is 35.5. The molecular formula is C23H26ClN3O. The molecule has 1 aromatic carbocycles. The van der Waals surface area contributed by atoms with Crippen LogP contribution in [0.25, 0.3) is 22.3 Å². The molecule has 0 spiro atoms. The first-order valence-electron chi connectivity index (χ1n) is 9.95. The lowest BCUT2D eigenvalue weighted by Crippen LogP contribution is -2.33. The third-order valence-electron chi connectivity index (χ3n) is 4.80. The van der Waals surface area contributed by atoms with Crippen LogP contribution in [0.5, 0.6) is 0 Å². The van der Waals surface area contributed by atoms with Gasteiger partial charge in [-0.2, -0.15) is 0 Å². The van der Waals surface area contributed by atoms with Gasteiger partial charge in [-0.3, -0.25) is 9.78 Å². The zero-order valence-corrected chi connectivity index (χ0v) is 17.2. The van der Waals surface area contributed by atoms with Crippen molar-refractivity contribution in [1.82, 2.24) is 14.9 Å². The molecule has 0 aliphatic heterocycles. The van der Waals surface area contributed by atoms with E-state index in [1.807, 2.05) is 41.3 Å². The highest BCUT2D eigenvalue weighted by Crippen LogP contribution is 2.29. The molecule has 0 atom stereocenters. The number of halogens is 1. The largest absolute Gasteiger partial charge is 0.339 e. The molecule has 0 aliphatic carbocycles. The fourth-order valence-electron chi connectivity index (χ4n) is 3.22. The molecule has 0 saturated heterocycles. The lowest BCUT2D eigenvalue weighted by molar-refractivity contribution is 0.0753. The first kappa shape index (κ1) is 20.3. The zero-order valence-electron chi connectivity index (χ0n) is 16.5. The smallest absolute Gasteiger partial charge is 0.254 e. The van der Waals surface area contributed by atoms with Crippen LogP contribution in [-0.2, 0) is 0 Å². The van der Waals surface area contributed by atoms with Gasteiger partial charge in [0.1, 0.15) is 0 Å². The molecule has 0 unspecified atom stereocenters. The van der Waals surface area contributed by atoms with E-state index < -0.39 is 0 Å². The Labute approximate surface area is 171 Å². The number of amides is 1. The number of para-hydroxylation sites is 1. The molecule has 0 saturated carbocycles. The van der Waals surface area contributed by atoms with Gasteiger partial charge >= 0.3 is 0 Å². The molecular weight excluding hydrogens is 370 g/mol. The number of hydrogen-bond acceptors (Lipinski definition) is 3. The predicted molar refractivity (Wildman–Crippen MR) is 116 cm³/mol. The summed E-state index contributed by atoms with van der Waals surface area (Å²) in [6.07, 6.45) is 5.82. The van der Waals surface area contributed by atoms with Gasteiger partial charge in [-0.15, -0.1) is 0 Å². The molecule has 2 heterocycles. The number of hydrogen-bond donors (Lipinski definition) is 0. The van der Waals surface area contributed by atoms with E-state index in [2.05, 4.69) is 18.8 Å². The number of benzene rings is 1. The molecule has 5 heteroatoms. The number of rotatable bonds is 8. The van der Waals surface area contributed by atoms with E-state index in [-0.39, 0.29) is 5.91 Å². The molecule has 2 aromatic heterocycles. The maximum absolute atomic E-state index is 13.5. The first-order valence-corrected chi connectivity index (χ1v) is 10.3. The normalized spacial score (nSPS) is 11.0. The van der Waals surface area contributed by atoms with E-state index in [1.165, 1.54) is 0 Å². The summed E-state index contributed by atoms with van der Waals surface area (Å²) in [4.78, 5) is 24.6.